The van der Waals surface area contributed by atoms with E-state index in [1.807, 2.05) is 66.7 Å². The predicted octanol–water partition coefficient (Wildman–Crippen LogP) is 2.81. The van der Waals surface area contributed by atoms with Crippen LogP contribution in [0.25, 0.3) is 16.9 Å². The van der Waals surface area contributed by atoms with Gasteiger partial charge in [-0.2, -0.15) is 9.90 Å². The summed E-state index contributed by atoms with van der Waals surface area (Å²) in [5.74, 6) is 0.501. The van der Waals surface area contributed by atoms with Crippen molar-refractivity contribution in [1.82, 2.24) is 25.2 Å². The fraction of sp³-hybridized carbons (Fsp3) is 0.174. The number of hydrogen-bond acceptors (Lipinski definition) is 7. The zero-order valence-corrected chi connectivity index (χ0v) is 17.3. The van der Waals surface area contributed by atoms with E-state index in [-0.39, 0.29) is 11.6 Å². The summed E-state index contributed by atoms with van der Waals surface area (Å²) in [6, 6.07) is 20.8. The fourth-order valence-electron chi connectivity index (χ4n) is 3.44. The van der Waals surface area contributed by atoms with Crippen molar-refractivity contribution in [2.45, 2.75) is 0 Å². The Balaban J connectivity index is 1.29. The van der Waals surface area contributed by atoms with Gasteiger partial charge in [-0.1, -0.05) is 30.3 Å². The highest BCUT2D eigenvalue weighted by Gasteiger charge is 2.14. The molecule has 2 aromatic carbocycles. The van der Waals surface area contributed by atoms with Crippen LogP contribution in [0.4, 0.5) is 11.5 Å². The Morgan fingerprint density at radius 2 is 1.78 bits per heavy atom. The normalized spacial score (nSPS) is 13.7. The predicted molar refractivity (Wildman–Crippen MR) is 120 cm³/mol. The lowest BCUT2D eigenvalue weighted by Crippen LogP contribution is -2.36. The van der Waals surface area contributed by atoms with E-state index < -0.39 is 0 Å². The number of anilines is 2. The number of carbonyl (C=O) groups excluding carboxylic acids is 1. The van der Waals surface area contributed by atoms with E-state index in [1.165, 1.54) is 11.0 Å². The minimum absolute atomic E-state index is 0.230. The number of nitrogens with one attached hydrogen (secondary N) is 1. The van der Waals surface area contributed by atoms with Gasteiger partial charge < -0.3 is 15.0 Å². The Morgan fingerprint density at radius 3 is 2.56 bits per heavy atom. The number of aromatic nitrogens is 5. The van der Waals surface area contributed by atoms with Gasteiger partial charge in [0.05, 0.1) is 30.8 Å². The molecule has 32 heavy (non-hydrogen) atoms. The topological polar surface area (TPSA) is 98.1 Å². The first-order valence-corrected chi connectivity index (χ1v) is 10.3. The summed E-state index contributed by atoms with van der Waals surface area (Å²) in [5.41, 5.74) is 3.24. The lowest BCUT2D eigenvalue weighted by Gasteiger charge is -2.27. The van der Waals surface area contributed by atoms with Gasteiger partial charge in [0.1, 0.15) is 0 Å². The molecule has 2 aromatic heterocycles. The minimum Gasteiger partial charge on any atom is -0.378 e. The average Bonchev–Trinajstić information content (AvgIpc) is 3.36. The molecule has 9 nitrogen and oxygen atoms in total. The Hall–Kier alpha value is -4.11. The van der Waals surface area contributed by atoms with E-state index in [1.54, 1.807) is 0 Å². The molecule has 0 bridgehead atoms. The van der Waals surface area contributed by atoms with Crippen LogP contribution in [0.1, 0.15) is 10.5 Å². The van der Waals surface area contributed by atoms with E-state index in [0.717, 1.165) is 35.9 Å². The van der Waals surface area contributed by atoms with Gasteiger partial charge in [0.15, 0.2) is 11.5 Å². The summed E-state index contributed by atoms with van der Waals surface area (Å²) in [6.45, 7) is 3.02. The quantitative estimate of drug-likeness (QED) is 0.523. The van der Waals surface area contributed by atoms with Crippen LogP contribution in [0.3, 0.4) is 0 Å². The summed E-state index contributed by atoms with van der Waals surface area (Å²) < 4.78 is 5.38. The summed E-state index contributed by atoms with van der Waals surface area (Å²) in [6.07, 6.45) is 1.45. The van der Waals surface area contributed by atoms with Crippen LogP contribution in [0, 0.1) is 0 Å². The van der Waals surface area contributed by atoms with E-state index in [2.05, 4.69) is 30.6 Å². The highest BCUT2D eigenvalue weighted by Crippen LogP contribution is 2.22. The Kier molecular flexibility index (Phi) is 5.54. The molecule has 1 N–H and O–H groups in total. The first-order chi connectivity index (χ1) is 15.8. The molecule has 160 valence electrons. The third-order valence-corrected chi connectivity index (χ3v) is 5.11. The van der Waals surface area contributed by atoms with Gasteiger partial charge >= 0.3 is 0 Å². The van der Waals surface area contributed by atoms with Crippen LogP contribution in [0.5, 0.6) is 0 Å². The maximum atomic E-state index is 12.7. The van der Waals surface area contributed by atoms with Crippen molar-refractivity contribution >= 4 is 17.4 Å². The van der Waals surface area contributed by atoms with Gasteiger partial charge in [-0.3, -0.25) is 4.79 Å². The lowest BCUT2D eigenvalue weighted by molar-refractivity contribution is 0.102. The molecule has 0 radical (unpaired) electrons. The smallest absolute Gasteiger partial charge is 0.277 e. The second-order valence-electron chi connectivity index (χ2n) is 7.27. The second kappa shape index (κ2) is 8.94. The second-order valence-corrected chi connectivity index (χ2v) is 7.27. The molecule has 0 unspecified atom stereocenters. The molecular formula is C23H21N7O2. The highest BCUT2D eigenvalue weighted by atomic mass is 16.5. The van der Waals surface area contributed by atoms with Crippen molar-refractivity contribution in [1.29, 1.82) is 0 Å². The van der Waals surface area contributed by atoms with Gasteiger partial charge in [-0.15, -0.1) is 15.3 Å². The molecule has 9 heteroatoms. The molecule has 1 aliphatic heterocycles. The monoisotopic (exact) mass is 427 g/mol. The lowest BCUT2D eigenvalue weighted by atomic mass is 10.1. The molecular weight excluding hydrogens is 406 g/mol. The van der Waals surface area contributed by atoms with Crippen molar-refractivity contribution in [2.24, 2.45) is 0 Å². The van der Waals surface area contributed by atoms with Crippen molar-refractivity contribution in [3.63, 3.8) is 0 Å². The van der Waals surface area contributed by atoms with Gasteiger partial charge in [-0.05, 0) is 36.4 Å². The van der Waals surface area contributed by atoms with Gasteiger partial charge in [0.2, 0.25) is 0 Å². The number of amides is 1. The number of para-hydroxylation sites is 1. The molecule has 1 amide bonds. The fourth-order valence-corrected chi connectivity index (χ4v) is 3.44. The number of morpholine rings is 1. The summed E-state index contributed by atoms with van der Waals surface area (Å²) in [5, 5.41) is 20.0. The largest absolute Gasteiger partial charge is 0.378 e. The van der Waals surface area contributed by atoms with E-state index >= 15 is 0 Å². The number of hydrogen-bond donors (Lipinski definition) is 1. The molecule has 5 rings (SSSR count). The third kappa shape index (κ3) is 4.33. The molecule has 1 saturated heterocycles. The maximum absolute atomic E-state index is 12.7. The number of rotatable bonds is 5. The number of benzene rings is 2. The molecule has 0 spiro atoms. The molecule has 3 heterocycles. The van der Waals surface area contributed by atoms with Crippen LogP contribution in [0.2, 0.25) is 0 Å². The van der Waals surface area contributed by atoms with E-state index in [4.69, 9.17) is 4.74 Å². The van der Waals surface area contributed by atoms with E-state index in [0.29, 0.717) is 18.9 Å². The van der Waals surface area contributed by atoms with E-state index in [9.17, 15) is 4.79 Å². The minimum atomic E-state index is -0.335. The SMILES string of the molecule is O=C(Nc1cccc(-c2ccc(N3CCOCC3)nn2)c1)c1cnn(-c2ccccc2)n1. The molecule has 0 atom stereocenters. The van der Waals surface area contributed by atoms with Gasteiger partial charge in [0.25, 0.3) is 5.91 Å². The Bertz CT molecular complexity index is 1200. The standard InChI is InChI=1S/C23H21N7O2/c31-23(21-16-24-30(28-21)19-7-2-1-3-8-19)25-18-6-4-5-17(15-18)20-9-10-22(27-26-20)29-11-13-32-14-12-29/h1-10,15-16H,11-14H2,(H,25,31). The summed E-state index contributed by atoms with van der Waals surface area (Å²) in [7, 11) is 0. The van der Waals surface area contributed by atoms with Crippen molar-refractivity contribution in [2.75, 3.05) is 36.5 Å². The van der Waals surface area contributed by atoms with Gasteiger partial charge in [-0.25, -0.2) is 0 Å². The van der Waals surface area contributed by atoms with Crippen LogP contribution >= 0.6 is 0 Å². The zero-order valence-electron chi connectivity index (χ0n) is 17.3. The molecule has 0 aliphatic carbocycles. The number of ether oxygens (including phenoxy) is 1. The highest BCUT2D eigenvalue weighted by molar-refractivity contribution is 6.02. The summed E-state index contributed by atoms with van der Waals surface area (Å²) >= 11 is 0. The molecule has 1 aliphatic rings. The molecule has 1 fully saturated rings. The zero-order chi connectivity index (χ0) is 21.8. The first kappa shape index (κ1) is 19.8. The van der Waals surface area contributed by atoms with Crippen molar-refractivity contribution in [3.05, 3.63) is 78.6 Å². The average molecular weight is 427 g/mol. The van der Waals surface area contributed by atoms with Crippen LogP contribution in [-0.2, 0) is 4.74 Å². The Labute approximate surface area is 184 Å². The molecule has 0 saturated carbocycles. The van der Waals surface area contributed by atoms with Crippen molar-refractivity contribution in [3.8, 4) is 16.9 Å². The van der Waals surface area contributed by atoms with Crippen LogP contribution in [-0.4, -0.2) is 57.4 Å². The number of nitrogens with zero attached hydrogens (tertiary/aromatic N) is 6. The van der Waals surface area contributed by atoms with Crippen LogP contribution < -0.4 is 10.2 Å². The van der Waals surface area contributed by atoms with Crippen LogP contribution in [0.15, 0.2) is 72.9 Å². The number of carbonyl (C=O) groups is 1. The summed E-state index contributed by atoms with van der Waals surface area (Å²) in [4.78, 5) is 16.2. The van der Waals surface area contributed by atoms with Crippen molar-refractivity contribution < 1.29 is 9.53 Å². The third-order valence-electron chi connectivity index (χ3n) is 5.11. The maximum Gasteiger partial charge on any atom is 0.277 e. The first-order valence-electron chi connectivity index (χ1n) is 10.3. The molecule has 4 aromatic rings. The van der Waals surface area contributed by atoms with Gasteiger partial charge in [0, 0.05) is 24.3 Å². The Morgan fingerprint density at radius 1 is 0.938 bits per heavy atom.